The van der Waals surface area contributed by atoms with Crippen LogP contribution in [-0.2, 0) is 9.59 Å². The number of piperazine rings is 1. The average Bonchev–Trinajstić information content (AvgIpc) is 2.65. The highest BCUT2D eigenvalue weighted by atomic mass is 19.1. The van der Waals surface area contributed by atoms with Crippen LogP contribution in [0.15, 0.2) is 24.3 Å². The minimum Gasteiger partial charge on any atom is -0.341 e. The standard InChI is InChI=1S/C20H29FN4O2/c1-16-3-2-8-25(13-16)20(27)15-24-11-9-23(10-12-24)14-19(26)22-18-6-4-17(21)5-7-18/h4-7,16H,2-3,8-15H2,1H3,(H,22,26). The molecule has 148 valence electrons. The topological polar surface area (TPSA) is 55.9 Å². The van der Waals surface area contributed by atoms with Gasteiger partial charge in [-0.3, -0.25) is 19.4 Å². The van der Waals surface area contributed by atoms with E-state index in [0.29, 0.717) is 24.7 Å². The molecular weight excluding hydrogens is 347 g/mol. The van der Waals surface area contributed by atoms with Crippen LogP contribution in [0, 0.1) is 11.7 Å². The number of likely N-dealkylation sites (tertiary alicyclic amines) is 1. The van der Waals surface area contributed by atoms with Crippen LogP contribution in [0.25, 0.3) is 0 Å². The van der Waals surface area contributed by atoms with Crippen LogP contribution >= 0.6 is 0 Å². The van der Waals surface area contributed by atoms with E-state index in [4.69, 9.17) is 0 Å². The molecule has 2 saturated heterocycles. The van der Waals surface area contributed by atoms with Crippen LogP contribution in [-0.4, -0.2) is 78.9 Å². The van der Waals surface area contributed by atoms with Crippen LogP contribution in [0.2, 0.25) is 0 Å². The van der Waals surface area contributed by atoms with E-state index < -0.39 is 0 Å². The highest BCUT2D eigenvalue weighted by molar-refractivity contribution is 5.92. The molecule has 0 saturated carbocycles. The summed E-state index contributed by atoms with van der Waals surface area (Å²) in [5.41, 5.74) is 0.599. The van der Waals surface area contributed by atoms with E-state index in [9.17, 15) is 14.0 Å². The summed E-state index contributed by atoms with van der Waals surface area (Å²) in [6.07, 6.45) is 2.31. The molecule has 3 rings (SSSR count). The Morgan fingerprint density at radius 3 is 2.30 bits per heavy atom. The van der Waals surface area contributed by atoms with E-state index in [2.05, 4.69) is 22.0 Å². The maximum atomic E-state index is 12.9. The van der Waals surface area contributed by atoms with Gasteiger partial charge in [-0.1, -0.05) is 6.92 Å². The average molecular weight is 376 g/mol. The van der Waals surface area contributed by atoms with Crippen molar-refractivity contribution >= 4 is 17.5 Å². The number of nitrogens with one attached hydrogen (secondary N) is 1. The molecule has 0 aliphatic carbocycles. The van der Waals surface area contributed by atoms with Crippen molar-refractivity contribution in [1.29, 1.82) is 0 Å². The normalized spacial score (nSPS) is 21.9. The molecule has 0 aromatic heterocycles. The summed E-state index contributed by atoms with van der Waals surface area (Å²) >= 11 is 0. The third-order valence-electron chi connectivity index (χ3n) is 5.33. The van der Waals surface area contributed by atoms with Gasteiger partial charge in [-0.25, -0.2) is 4.39 Å². The first-order valence-electron chi connectivity index (χ1n) is 9.77. The number of hydrogen-bond donors (Lipinski definition) is 1. The molecule has 1 atom stereocenters. The third kappa shape index (κ3) is 6.01. The molecule has 1 aromatic carbocycles. The number of carbonyl (C=O) groups excluding carboxylic acids is 2. The Hall–Kier alpha value is -1.99. The lowest BCUT2D eigenvalue weighted by Crippen LogP contribution is -2.52. The van der Waals surface area contributed by atoms with Crippen molar-refractivity contribution in [3.63, 3.8) is 0 Å². The largest absolute Gasteiger partial charge is 0.341 e. The lowest BCUT2D eigenvalue weighted by Gasteiger charge is -2.36. The summed E-state index contributed by atoms with van der Waals surface area (Å²) in [6.45, 7) is 7.86. The molecule has 2 aliphatic heterocycles. The van der Waals surface area contributed by atoms with Gasteiger partial charge in [0.15, 0.2) is 0 Å². The van der Waals surface area contributed by atoms with E-state index in [0.717, 1.165) is 45.7 Å². The molecular formula is C20H29FN4O2. The number of amides is 2. The number of anilines is 1. The van der Waals surface area contributed by atoms with Gasteiger partial charge >= 0.3 is 0 Å². The molecule has 1 unspecified atom stereocenters. The predicted octanol–water partition coefficient (Wildman–Crippen LogP) is 1.64. The maximum Gasteiger partial charge on any atom is 0.238 e. The molecule has 2 aliphatic rings. The predicted molar refractivity (Wildman–Crippen MR) is 103 cm³/mol. The fourth-order valence-corrected chi connectivity index (χ4v) is 3.75. The quantitative estimate of drug-likeness (QED) is 0.849. The highest BCUT2D eigenvalue weighted by Crippen LogP contribution is 2.16. The summed E-state index contributed by atoms with van der Waals surface area (Å²) in [4.78, 5) is 30.9. The molecule has 0 radical (unpaired) electrons. The zero-order chi connectivity index (χ0) is 19.2. The first kappa shape index (κ1) is 19.8. The number of halogens is 1. The second-order valence-corrected chi connectivity index (χ2v) is 7.69. The van der Waals surface area contributed by atoms with Crippen molar-refractivity contribution in [1.82, 2.24) is 14.7 Å². The van der Waals surface area contributed by atoms with Gasteiger partial charge in [0.25, 0.3) is 0 Å². The summed E-state index contributed by atoms with van der Waals surface area (Å²) in [5.74, 6) is 0.398. The van der Waals surface area contributed by atoms with Crippen molar-refractivity contribution in [3.05, 3.63) is 30.1 Å². The lowest BCUT2D eigenvalue weighted by atomic mass is 10.0. The van der Waals surface area contributed by atoms with Crippen LogP contribution in [0.5, 0.6) is 0 Å². The summed E-state index contributed by atoms with van der Waals surface area (Å²) in [6, 6.07) is 5.76. The van der Waals surface area contributed by atoms with Crippen LogP contribution < -0.4 is 5.32 Å². The van der Waals surface area contributed by atoms with Gasteiger partial charge < -0.3 is 10.2 Å². The number of nitrogens with zero attached hydrogens (tertiary/aromatic N) is 3. The molecule has 7 heteroatoms. The van der Waals surface area contributed by atoms with Gasteiger partial charge in [0.05, 0.1) is 13.1 Å². The molecule has 0 spiro atoms. The van der Waals surface area contributed by atoms with Gasteiger partial charge in [0, 0.05) is 45.0 Å². The van der Waals surface area contributed by atoms with Gasteiger partial charge in [-0.2, -0.15) is 0 Å². The zero-order valence-corrected chi connectivity index (χ0v) is 16.0. The molecule has 2 heterocycles. The van der Waals surface area contributed by atoms with Crippen LogP contribution in [0.4, 0.5) is 10.1 Å². The summed E-state index contributed by atoms with van der Waals surface area (Å²) < 4.78 is 12.9. The monoisotopic (exact) mass is 376 g/mol. The van der Waals surface area contributed by atoms with E-state index in [1.54, 1.807) is 12.1 Å². The maximum absolute atomic E-state index is 12.9. The number of hydrogen-bond acceptors (Lipinski definition) is 4. The molecule has 2 fully saturated rings. The third-order valence-corrected chi connectivity index (χ3v) is 5.33. The molecule has 1 aromatic rings. The molecule has 6 nitrogen and oxygen atoms in total. The van der Waals surface area contributed by atoms with Gasteiger partial charge in [-0.15, -0.1) is 0 Å². The minimum atomic E-state index is -0.322. The Balaban J connectivity index is 1.37. The summed E-state index contributed by atoms with van der Waals surface area (Å²) in [5, 5.41) is 2.79. The fourth-order valence-electron chi connectivity index (χ4n) is 3.75. The van der Waals surface area contributed by atoms with Gasteiger partial charge in [0.2, 0.25) is 11.8 Å². The Kier molecular flexibility index (Phi) is 6.79. The van der Waals surface area contributed by atoms with Crippen molar-refractivity contribution < 1.29 is 14.0 Å². The Labute approximate surface area is 160 Å². The smallest absolute Gasteiger partial charge is 0.238 e. The molecule has 0 bridgehead atoms. The van der Waals surface area contributed by atoms with Crippen molar-refractivity contribution in [2.45, 2.75) is 19.8 Å². The van der Waals surface area contributed by atoms with Crippen LogP contribution in [0.3, 0.4) is 0 Å². The molecule has 1 N–H and O–H groups in total. The van der Waals surface area contributed by atoms with E-state index >= 15 is 0 Å². The lowest BCUT2D eigenvalue weighted by molar-refractivity contribution is -0.134. The minimum absolute atomic E-state index is 0.103. The first-order chi connectivity index (χ1) is 13.0. The number of rotatable bonds is 5. The van der Waals surface area contributed by atoms with Crippen molar-refractivity contribution in [2.75, 3.05) is 57.7 Å². The van der Waals surface area contributed by atoms with Gasteiger partial charge in [-0.05, 0) is 43.0 Å². The van der Waals surface area contributed by atoms with Crippen LogP contribution in [0.1, 0.15) is 19.8 Å². The second-order valence-electron chi connectivity index (χ2n) is 7.69. The Morgan fingerprint density at radius 2 is 1.67 bits per heavy atom. The second kappa shape index (κ2) is 9.28. The van der Waals surface area contributed by atoms with E-state index in [1.165, 1.54) is 18.6 Å². The Bertz CT molecular complexity index is 644. The fraction of sp³-hybridized carbons (Fsp3) is 0.600. The number of piperidine rings is 1. The van der Waals surface area contributed by atoms with Crippen molar-refractivity contribution in [2.24, 2.45) is 5.92 Å². The Morgan fingerprint density at radius 1 is 1.04 bits per heavy atom. The SMILES string of the molecule is CC1CCCN(C(=O)CN2CCN(CC(=O)Nc3ccc(F)cc3)CC2)C1. The molecule has 2 amide bonds. The highest BCUT2D eigenvalue weighted by Gasteiger charge is 2.25. The van der Waals surface area contributed by atoms with E-state index in [-0.39, 0.29) is 17.6 Å². The van der Waals surface area contributed by atoms with Gasteiger partial charge in [0.1, 0.15) is 5.82 Å². The summed E-state index contributed by atoms with van der Waals surface area (Å²) in [7, 11) is 0. The number of benzene rings is 1. The first-order valence-corrected chi connectivity index (χ1v) is 9.77. The molecule has 27 heavy (non-hydrogen) atoms. The van der Waals surface area contributed by atoms with E-state index in [1.807, 2.05) is 4.90 Å². The number of carbonyl (C=O) groups is 2. The zero-order valence-electron chi connectivity index (χ0n) is 16.0. The van der Waals surface area contributed by atoms with Crippen molar-refractivity contribution in [3.8, 4) is 0 Å².